The van der Waals surface area contributed by atoms with Crippen molar-refractivity contribution in [2.75, 3.05) is 5.33 Å². The van der Waals surface area contributed by atoms with E-state index in [9.17, 15) is 4.39 Å². The molecule has 3 heteroatoms. The molecule has 0 amide bonds. The molecule has 0 N–H and O–H groups in total. The Labute approximate surface area is 91.4 Å². The Morgan fingerprint density at radius 2 is 2.21 bits per heavy atom. The molecule has 1 aromatic rings. The number of aryl methyl sites for hydroxylation is 1. The molecule has 1 aromatic carbocycles. The highest BCUT2D eigenvalue weighted by atomic mass is 79.9. The summed E-state index contributed by atoms with van der Waals surface area (Å²) in [6.45, 7) is 1.75. The van der Waals surface area contributed by atoms with Gasteiger partial charge in [0.25, 0.3) is 0 Å². The van der Waals surface area contributed by atoms with Crippen molar-refractivity contribution in [3.05, 3.63) is 29.6 Å². The van der Waals surface area contributed by atoms with Crippen molar-refractivity contribution in [2.45, 2.75) is 25.4 Å². The van der Waals surface area contributed by atoms with Crippen molar-refractivity contribution in [1.29, 1.82) is 0 Å². The van der Waals surface area contributed by atoms with Crippen LogP contribution in [-0.2, 0) is 0 Å². The summed E-state index contributed by atoms with van der Waals surface area (Å²) in [7, 11) is 0. The minimum atomic E-state index is -0.180. The van der Waals surface area contributed by atoms with E-state index in [-0.39, 0.29) is 11.4 Å². The van der Waals surface area contributed by atoms with Crippen molar-refractivity contribution in [1.82, 2.24) is 0 Å². The third-order valence-corrected chi connectivity index (χ3v) is 3.54. The number of rotatable bonds is 3. The Hall–Kier alpha value is -0.570. The summed E-state index contributed by atoms with van der Waals surface area (Å²) in [5.41, 5.74) is 0.609. The van der Waals surface area contributed by atoms with Gasteiger partial charge in [-0.1, -0.05) is 15.9 Å². The highest BCUT2D eigenvalue weighted by molar-refractivity contribution is 9.09. The Morgan fingerprint density at radius 1 is 1.50 bits per heavy atom. The van der Waals surface area contributed by atoms with Crippen LogP contribution in [0.5, 0.6) is 5.75 Å². The molecule has 0 saturated heterocycles. The number of alkyl halides is 1. The number of hydrogen-bond donors (Lipinski definition) is 0. The Bertz CT molecular complexity index is 347. The van der Waals surface area contributed by atoms with Crippen molar-refractivity contribution in [2.24, 2.45) is 0 Å². The zero-order valence-corrected chi connectivity index (χ0v) is 9.60. The molecule has 0 aliphatic heterocycles. The van der Waals surface area contributed by atoms with Crippen LogP contribution in [0.1, 0.15) is 18.4 Å². The zero-order chi connectivity index (χ0) is 10.2. The molecule has 76 valence electrons. The summed E-state index contributed by atoms with van der Waals surface area (Å²) in [5, 5.41) is 0.844. The van der Waals surface area contributed by atoms with Crippen LogP contribution >= 0.6 is 15.9 Å². The molecular formula is C11H12BrFO. The molecule has 1 saturated carbocycles. The van der Waals surface area contributed by atoms with E-state index >= 15 is 0 Å². The number of ether oxygens (including phenoxy) is 1. The maximum atomic E-state index is 13.0. The maximum Gasteiger partial charge on any atom is 0.126 e. The van der Waals surface area contributed by atoms with E-state index in [1.807, 2.05) is 0 Å². The fraction of sp³-hybridized carbons (Fsp3) is 0.455. The van der Waals surface area contributed by atoms with Crippen LogP contribution in [0.15, 0.2) is 18.2 Å². The standard InChI is InChI=1S/C11H12BrFO/c1-8-6-9(2-3-10(8)13)14-11(7-12)4-5-11/h2-3,6H,4-5,7H2,1H3. The van der Waals surface area contributed by atoms with Crippen LogP contribution < -0.4 is 4.74 Å². The van der Waals surface area contributed by atoms with Gasteiger partial charge in [0.2, 0.25) is 0 Å². The first-order valence-electron chi connectivity index (χ1n) is 4.66. The first kappa shape index (κ1) is 9.97. The highest BCUT2D eigenvalue weighted by Gasteiger charge is 2.44. The van der Waals surface area contributed by atoms with Gasteiger partial charge in [-0.3, -0.25) is 0 Å². The lowest BCUT2D eigenvalue weighted by molar-refractivity contribution is 0.206. The van der Waals surface area contributed by atoms with Gasteiger partial charge >= 0.3 is 0 Å². The van der Waals surface area contributed by atoms with Gasteiger partial charge in [-0.15, -0.1) is 0 Å². The maximum absolute atomic E-state index is 13.0. The molecule has 0 radical (unpaired) electrons. The first-order chi connectivity index (χ1) is 6.65. The van der Waals surface area contributed by atoms with Crippen LogP contribution in [0, 0.1) is 12.7 Å². The molecule has 1 aliphatic rings. The van der Waals surface area contributed by atoms with Gasteiger partial charge in [-0.2, -0.15) is 0 Å². The quantitative estimate of drug-likeness (QED) is 0.755. The monoisotopic (exact) mass is 258 g/mol. The fourth-order valence-corrected chi connectivity index (χ4v) is 2.01. The van der Waals surface area contributed by atoms with Crippen LogP contribution in [0.25, 0.3) is 0 Å². The molecule has 0 spiro atoms. The highest BCUT2D eigenvalue weighted by Crippen LogP contribution is 2.41. The molecule has 1 aliphatic carbocycles. The molecule has 0 heterocycles. The number of halogens is 2. The Balaban J connectivity index is 2.14. The lowest BCUT2D eigenvalue weighted by Gasteiger charge is -2.15. The average molecular weight is 259 g/mol. The molecule has 1 fully saturated rings. The van der Waals surface area contributed by atoms with Gasteiger partial charge in [-0.25, -0.2) is 4.39 Å². The minimum Gasteiger partial charge on any atom is -0.486 e. The lowest BCUT2D eigenvalue weighted by Crippen LogP contribution is -2.19. The van der Waals surface area contributed by atoms with Crippen molar-refractivity contribution in [3.63, 3.8) is 0 Å². The second-order valence-corrected chi connectivity index (χ2v) is 4.39. The molecule has 0 atom stereocenters. The topological polar surface area (TPSA) is 9.23 Å². The second kappa shape index (κ2) is 3.54. The smallest absolute Gasteiger partial charge is 0.126 e. The third-order valence-electron chi connectivity index (χ3n) is 2.51. The molecule has 1 nitrogen and oxygen atoms in total. The SMILES string of the molecule is Cc1cc(OC2(CBr)CC2)ccc1F. The summed E-state index contributed by atoms with van der Waals surface area (Å²) in [4.78, 5) is 0. The normalized spacial score (nSPS) is 17.9. The predicted octanol–water partition coefficient (Wildman–Crippen LogP) is 3.44. The van der Waals surface area contributed by atoms with Gasteiger partial charge < -0.3 is 4.74 Å². The van der Waals surface area contributed by atoms with Crippen LogP contribution in [0.3, 0.4) is 0 Å². The van der Waals surface area contributed by atoms with E-state index < -0.39 is 0 Å². The number of hydrogen-bond acceptors (Lipinski definition) is 1. The summed E-state index contributed by atoms with van der Waals surface area (Å²) < 4.78 is 18.7. The van der Waals surface area contributed by atoms with E-state index in [0.717, 1.165) is 23.9 Å². The van der Waals surface area contributed by atoms with E-state index in [2.05, 4.69) is 15.9 Å². The largest absolute Gasteiger partial charge is 0.486 e. The predicted molar refractivity (Wildman–Crippen MR) is 57.5 cm³/mol. The van der Waals surface area contributed by atoms with Crippen molar-refractivity contribution in [3.8, 4) is 5.75 Å². The van der Waals surface area contributed by atoms with E-state index in [4.69, 9.17) is 4.74 Å². The van der Waals surface area contributed by atoms with Crippen LogP contribution in [0.2, 0.25) is 0 Å². The van der Waals surface area contributed by atoms with Gasteiger partial charge in [0.1, 0.15) is 17.2 Å². The van der Waals surface area contributed by atoms with E-state index in [1.165, 1.54) is 6.07 Å². The Morgan fingerprint density at radius 3 is 2.71 bits per heavy atom. The van der Waals surface area contributed by atoms with Crippen LogP contribution in [0.4, 0.5) is 4.39 Å². The fourth-order valence-electron chi connectivity index (χ4n) is 1.33. The van der Waals surface area contributed by atoms with Crippen molar-refractivity contribution >= 4 is 15.9 Å². The molecular weight excluding hydrogens is 247 g/mol. The Kier molecular flexibility index (Phi) is 2.52. The summed E-state index contributed by atoms with van der Waals surface area (Å²) in [5.74, 6) is 0.585. The lowest BCUT2D eigenvalue weighted by atomic mass is 10.2. The van der Waals surface area contributed by atoms with E-state index in [1.54, 1.807) is 19.1 Å². The summed E-state index contributed by atoms with van der Waals surface area (Å²) >= 11 is 3.42. The molecule has 2 rings (SSSR count). The number of benzene rings is 1. The van der Waals surface area contributed by atoms with Crippen LogP contribution in [-0.4, -0.2) is 10.9 Å². The molecule has 0 bridgehead atoms. The van der Waals surface area contributed by atoms with Gasteiger partial charge in [0, 0.05) is 5.33 Å². The molecule has 0 unspecified atom stereocenters. The molecule has 0 aromatic heterocycles. The summed E-state index contributed by atoms with van der Waals surface area (Å²) in [6.07, 6.45) is 2.16. The van der Waals surface area contributed by atoms with Gasteiger partial charge in [-0.05, 0) is 43.5 Å². The van der Waals surface area contributed by atoms with Gasteiger partial charge in [0.05, 0.1) is 0 Å². The minimum absolute atomic E-state index is 0.0235. The third kappa shape index (κ3) is 1.92. The summed E-state index contributed by atoms with van der Waals surface area (Å²) in [6, 6.07) is 4.89. The van der Waals surface area contributed by atoms with Gasteiger partial charge in [0.15, 0.2) is 0 Å². The first-order valence-corrected chi connectivity index (χ1v) is 5.78. The average Bonchev–Trinajstić information content (AvgIpc) is 2.93. The zero-order valence-electron chi connectivity index (χ0n) is 8.02. The molecule has 14 heavy (non-hydrogen) atoms. The second-order valence-electron chi connectivity index (χ2n) is 3.83. The van der Waals surface area contributed by atoms with E-state index in [0.29, 0.717) is 5.56 Å². The van der Waals surface area contributed by atoms with Crippen molar-refractivity contribution < 1.29 is 9.13 Å².